The average molecular weight is 1450 g/mol. The van der Waals surface area contributed by atoms with Crippen molar-refractivity contribution in [1.82, 2.24) is 57.7 Å². The van der Waals surface area contributed by atoms with Crippen molar-refractivity contribution in [3.8, 4) is 5.75 Å². The largest absolute Gasteiger partial charge is 0.508 e. The van der Waals surface area contributed by atoms with Crippen molar-refractivity contribution in [2.24, 2.45) is 39.6 Å². The number of likely N-dealkylation sites (tertiary alicyclic amines) is 2. The minimum Gasteiger partial charge on any atom is -0.508 e. The lowest BCUT2D eigenvalue weighted by Crippen LogP contribution is -2.61. The summed E-state index contributed by atoms with van der Waals surface area (Å²) in [6.45, 7) is 5.54. The highest BCUT2D eigenvalue weighted by atomic mass is 32.2. The van der Waals surface area contributed by atoms with Crippen LogP contribution >= 0.6 is 11.8 Å². The fourth-order valence-corrected chi connectivity index (χ4v) is 12.4. The molecule has 2 aromatic rings. The maximum absolute atomic E-state index is 14.9. The van der Waals surface area contributed by atoms with Crippen molar-refractivity contribution in [2.75, 3.05) is 57.9 Å². The summed E-state index contributed by atoms with van der Waals surface area (Å²) in [5.41, 5.74) is 29.2. The summed E-state index contributed by atoms with van der Waals surface area (Å²) in [4.78, 5) is 173. The zero-order chi connectivity index (χ0) is 75.3. The zero-order valence-corrected chi connectivity index (χ0v) is 60.1. The molecule has 0 aliphatic carbocycles. The normalized spacial score (nSPS) is 16.8. The molecular weight excluding hydrogens is 1340 g/mol. The number of nitrogens with two attached hydrogens (primary N) is 5. The maximum Gasteiger partial charge on any atom is 0.326 e. The molecule has 2 saturated heterocycles. The van der Waals surface area contributed by atoms with Crippen LogP contribution in [0.4, 0.5) is 0 Å². The number of nitrogens with one attached hydrogen (secondary N) is 9. The number of aliphatic imine (C=N–C) groups is 1. The van der Waals surface area contributed by atoms with Gasteiger partial charge < -0.3 is 102 Å². The Morgan fingerprint density at radius 1 is 0.559 bits per heavy atom. The lowest BCUT2D eigenvalue weighted by atomic mass is 10.0. The van der Waals surface area contributed by atoms with Gasteiger partial charge in [-0.05, 0) is 158 Å². The number of rotatable bonds is 47. The molecule has 102 heavy (non-hydrogen) atoms. The molecule has 0 radical (unpaired) electrons. The van der Waals surface area contributed by atoms with E-state index in [0.717, 1.165) is 12.8 Å². The summed E-state index contributed by atoms with van der Waals surface area (Å²) < 4.78 is 0. The third-order valence-electron chi connectivity index (χ3n) is 17.6. The number of carbonyl (C=O) groups excluding carboxylic acids is 11. The predicted molar refractivity (Wildman–Crippen MR) is 385 cm³/mol. The Kier molecular flexibility index (Phi) is 38.7. The summed E-state index contributed by atoms with van der Waals surface area (Å²) in [7, 11) is 0. The van der Waals surface area contributed by atoms with Crippen LogP contribution in [0.1, 0.15) is 147 Å². The number of hydrogen-bond acceptors (Lipinski definition) is 19. The number of aromatic hydroxyl groups is 1. The van der Waals surface area contributed by atoms with Gasteiger partial charge in [-0.1, -0.05) is 69.2 Å². The number of unbranched alkanes of at least 4 members (excludes halogenated alkanes) is 4. The number of carboxylic acid groups (broad SMARTS) is 1. The lowest BCUT2D eigenvalue weighted by molar-refractivity contribution is -0.145. The van der Waals surface area contributed by atoms with E-state index in [4.69, 9.17) is 28.7 Å². The minimum atomic E-state index is -1.67. The zero-order valence-electron chi connectivity index (χ0n) is 59.3. The van der Waals surface area contributed by atoms with E-state index >= 15 is 0 Å². The SMILES string of the molecule is CSCC[C@@H](NC(=O)[C@H]1CCCN1C(=O)[C@H](CCCCN)NC(=O)[C@H](Cc1ccccc1)NC(=O)[C@H](CO)NC(=O)[C@H](Cc1ccc(O)cc1)NC(=O)CCCCCNC(=O)[C@@H](N)CCCCN)C(=O)N1CCC[C@H]1C(=O)N[C@@H](CC(C)C)C(=O)N[C@H](C)C(=O)N[C@@H](CCCN=C(N)N)C(=O)O. The van der Waals surface area contributed by atoms with Gasteiger partial charge in [-0.3, -0.25) is 57.7 Å². The van der Waals surface area contributed by atoms with Crippen LogP contribution in [-0.4, -0.2) is 226 Å². The van der Waals surface area contributed by atoms with Crippen LogP contribution in [0.2, 0.25) is 0 Å². The molecule has 2 aliphatic heterocycles. The number of carboxylic acids is 1. The van der Waals surface area contributed by atoms with Gasteiger partial charge in [-0.2, -0.15) is 11.8 Å². The van der Waals surface area contributed by atoms with E-state index in [1.165, 1.54) is 40.6 Å². The van der Waals surface area contributed by atoms with Crippen LogP contribution in [0.15, 0.2) is 59.6 Å². The summed E-state index contributed by atoms with van der Waals surface area (Å²) in [6.07, 6.45) is 7.68. The molecule has 0 saturated carbocycles. The Labute approximate surface area is 601 Å². The number of benzene rings is 2. The number of hydrogen-bond donors (Lipinski definition) is 17. The van der Waals surface area contributed by atoms with Crippen molar-refractivity contribution in [1.29, 1.82) is 0 Å². The molecule has 11 atom stereocenters. The first-order valence-electron chi connectivity index (χ1n) is 35.4. The van der Waals surface area contributed by atoms with Gasteiger partial charge in [0.25, 0.3) is 0 Å². The van der Waals surface area contributed by atoms with Gasteiger partial charge in [0.15, 0.2) is 5.96 Å². The van der Waals surface area contributed by atoms with Crippen molar-refractivity contribution < 1.29 is 72.9 Å². The highest BCUT2D eigenvalue weighted by Gasteiger charge is 2.43. The molecular formula is C69H111N17O15S. The third kappa shape index (κ3) is 30.1. The second-order valence-corrected chi connectivity index (χ2v) is 27.3. The molecule has 2 aliphatic rings. The van der Waals surface area contributed by atoms with Gasteiger partial charge in [-0.15, -0.1) is 0 Å². The van der Waals surface area contributed by atoms with Gasteiger partial charge in [0, 0.05) is 45.4 Å². The number of aliphatic carboxylic acids is 1. The quantitative estimate of drug-likeness (QED) is 0.0198. The van der Waals surface area contributed by atoms with Crippen LogP contribution in [0, 0.1) is 5.92 Å². The lowest BCUT2D eigenvalue weighted by Gasteiger charge is -2.32. The van der Waals surface area contributed by atoms with Crippen molar-refractivity contribution in [3.63, 3.8) is 0 Å². The molecule has 11 amide bonds. The first kappa shape index (κ1) is 85.8. The fourth-order valence-electron chi connectivity index (χ4n) is 11.9. The number of phenolic OH excluding ortho intramolecular Hbond substituents is 1. The Bertz CT molecular complexity index is 3080. The third-order valence-corrected chi connectivity index (χ3v) is 18.2. The molecule has 22 N–H and O–H groups in total. The molecule has 568 valence electrons. The first-order valence-corrected chi connectivity index (χ1v) is 36.8. The highest BCUT2D eigenvalue weighted by Crippen LogP contribution is 2.24. The molecule has 0 aromatic heterocycles. The van der Waals surface area contributed by atoms with Crippen LogP contribution < -0.4 is 76.5 Å². The Morgan fingerprint density at radius 3 is 1.63 bits per heavy atom. The number of nitrogens with zero attached hydrogens (tertiary/aromatic N) is 3. The predicted octanol–water partition coefficient (Wildman–Crippen LogP) is -1.75. The van der Waals surface area contributed by atoms with Crippen LogP contribution in [0.3, 0.4) is 0 Å². The van der Waals surface area contributed by atoms with Crippen LogP contribution in [0.5, 0.6) is 5.75 Å². The number of thioether (sulfide) groups is 1. The van der Waals surface area contributed by atoms with Gasteiger partial charge in [0.05, 0.1) is 12.6 Å². The molecule has 4 rings (SSSR count). The molecule has 0 bridgehead atoms. The minimum absolute atomic E-state index is 0.00455. The first-order chi connectivity index (χ1) is 48.7. The summed E-state index contributed by atoms with van der Waals surface area (Å²) in [5.74, 6) is -8.67. The van der Waals surface area contributed by atoms with E-state index in [2.05, 4.69) is 52.8 Å². The molecule has 2 fully saturated rings. The monoisotopic (exact) mass is 1450 g/mol. The van der Waals surface area contributed by atoms with E-state index in [1.807, 2.05) is 20.1 Å². The van der Waals surface area contributed by atoms with Crippen LogP contribution in [0.25, 0.3) is 0 Å². The number of guanidine groups is 1. The van der Waals surface area contributed by atoms with Crippen molar-refractivity contribution in [3.05, 3.63) is 65.7 Å². The molecule has 32 nitrogen and oxygen atoms in total. The van der Waals surface area contributed by atoms with E-state index in [9.17, 15) is 72.9 Å². The molecule has 0 unspecified atom stereocenters. The smallest absolute Gasteiger partial charge is 0.326 e. The standard InChI is InChI=1S/C69H111N17O15S/c1-42(2)38-51(60(92)77-43(3)58(90)81-50(68(100)101)22-15-34-76-69(73)74)83-65(97)56-24-17-36-86(56)67(99)49(30-37-102-4)80-64(96)55-23-16-35-85(55)66(98)48(21-11-13-32-71)79-62(94)53(39-44-18-7-5-8-19-44)82-63(95)54(41-87)84-61(93)52(40-45-26-28-46(88)29-27-45)78-57(89)25-9-6-14-33-75-59(91)47(72)20-10-12-31-70/h5,7-8,18-19,26-29,42-43,47-56,87-88H,6,9-17,20-25,30-41,70-72H2,1-4H3,(H,75,91)(H,77,92)(H,78,89)(H,79,94)(H,80,96)(H,81,90)(H,82,95)(H,83,97)(H,84,93)(H,100,101)(H4,73,74,76)/t43-,47+,48+,49-,50+,51+,52+,53+,54+,55-,56+/m1/s1. The average Bonchev–Trinajstić information content (AvgIpc) is 1.61. The van der Waals surface area contributed by atoms with Crippen molar-refractivity contribution in [2.45, 2.75) is 216 Å². The molecule has 33 heteroatoms. The summed E-state index contributed by atoms with van der Waals surface area (Å²) in [5, 5.41) is 54.6. The van der Waals surface area contributed by atoms with Gasteiger partial charge >= 0.3 is 5.97 Å². The number of aliphatic hydroxyl groups excluding tert-OH is 1. The summed E-state index contributed by atoms with van der Waals surface area (Å²) >= 11 is 1.42. The number of amides is 11. The number of aliphatic hydroxyl groups is 1. The van der Waals surface area contributed by atoms with Crippen LogP contribution in [-0.2, 0) is 70.4 Å². The van der Waals surface area contributed by atoms with E-state index in [0.29, 0.717) is 81.3 Å². The Hall–Kier alpha value is -8.66. The molecule has 0 spiro atoms. The highest BCUT2D eigenvalue weighted by molar-refractivity contribution is 7.98. The van der Waals surface area contributed by atoms with E-state index in [1.54, 1.807) is 42.5 Å². The number of carbonyl (C=O) groups is 12. The van der Waals surface area contributed by atoms with Gasteiger partial charge in [0.2, 0.25) is 65.0 Å². The molecule has 2 aromatic carbocycles. The second kappa shape index (κ2) is 46.1. The summed E-state index contributed by atoms with van der Waals surface area (Å²) in [6, 6.07) is 1.20. The maximum atomic E-state index is 14.9. The van der Waals surface area contributed by atoms with E-state index in [-0.39, 0.29) is 114 Å². The topological polar surface area (TPSA) is 523 Å². The van der Waals surface area contributed by atoms with E-state index < -0.39 is 138 Å². The number of phenols is 1. The second-order valence-electron chi connectivity index (χ2n) is 26.3. The van der Waals surface area contributed by atoms with Crippen molar-refractivity contribution >= 4 is 88.7 Å². The Balaban J connectivity index is 1.48. The molecule has 2 heterocycles. The fraction of sp³-hybridized carbons (Fsp3) is 0.638. The van der Waals surface area contributed by atoms with Gasteiger partial charge in [0.1, 0.15) is 66.2 Å². The van der Waals surface area contributed by atoms with Gasteiger partial charge in [-0.25, -0.2) is 4.79 Å². The Morgan fingerprint density at radius 2 is 1.07 bits per heavy atom.